The molecule has 2 aromatic carbocycles. The smallest absolute Gasteiger partial charge is 0.255 e. The van der Waals surface area contributed by atoms with Crippen LogP contribution in [0.3, 0.4) is 0 Å². The average molecular weight is 393 g/mol. The Balaban J connectivity index is 1.92. The first kappa shape index (κ1) is 18.4. The average Bonchev–Trinajstić information content (AvgIpc) is 2.83. The Morgan fingerprint density at radius 1 is 1.19 bits per heavy atom. The van der Waals surface area contributed by atoms with Gasteiger partial charge in [-0.25, -0.2) is 12.7 Å². The number of carbonyl (C=O) groups excluding carboxylic acids is 2. The highest BCUT2D eigenvalue weighted by molar-refractivity contribution is 7.94. The van der Waals surface area contributed by atoms with Gasteiger partial charge >= 0.3 is 0 Å². The van der Waals surface area contributed by atoms with Crippen molar-refractivity contribution < 1.29 is 18.0 Å². The third-order valence-corrected chi connectivity index (χ3v) is 6.08. The summed E-state index contributed by atoms with van der Waals surface area (Å²) in [5, 5.41) is 3.17. The van der Waals surface area contributed by atoms with Crippen LogP contribution in [0.1, 0.15) is 27.9 Å². The van der Waals surface area contributed by atoms with Crippen LogP contribution in [0.4, 0.5) is 11.4 Å². The van der Waals surface area contributed by atoms with Crippen molar-refractivity contribution >= 4 is 44.8 Å². The van der Waals surface area contributed by atoms with Gasteiger partial charge in [-0.15, -0.1) is 0 Å². The van der Waals surface area contributed by atoms with Gasteiger partial charge < -0.3 is 5.32 Å². The summed E-state index contributed by atoms with van der Waals surface area (Å²) in [5.74, 6) is -1.16. The molecular weight excluding hydrogens is 376 g/mol. The van der Waals surface area contributed by atoms with Gasteiger partial charge in [-0.3, -0.25) is 9.59 Å². The summed E-state index contributed by atoms with van der Waals surface area (Å²) in [4.78, 5) is 24.5. The van der Waals surface area contributed by atoms with E-state index >= 15 is 0 Å². The van der Waals surface area contributed by atoms with Crippen molar-refractivity contribution in [2.75, 3.05) is 15.4 Å². The Hall–Kier alpha value is -2.38. The molecule has 1 N–H and O–H groups in total. The lowest BCUT2D eigenvalue weighted by Crippen LogP contribution is -2.29. The Bertz CT molecular complexity index is 995. The molecule has 2 amide bonds. The molecule has 0 unspecified atom stereocenters. The van der Waals surface area contributed by atoms with E-state index < -0.39 is 21.8 Å². The van der Waals surface area contributed by atoms with Gasteiger partial charge in [0.05, 0.1) is 22.2 Å². The second-order valence-corrected chi connectivity index (χ2v) is 8.51. The van der Waals surface area contributed by atoms with Crippen molar-refractivity contribution in [3.05, 3.63) is 58.1 Å². The van der Waals surface area contributed by atoms with Gasteiger partial charge in [0.2, 0.25) is 15.9 Å². The van der Waals surface area contributed by atoms with Crippen molar-refractivity contribution in [1.82, 2.24) is 0 Å². The minimum atomic E-state index is -3.68. The molecule has 26 heavy (non-hydrogen) atoms. The number of benzene rings is 2. The third kappa shape index (κ3) is 3.45. The Labute approximate surface area is 156 Å². The quantitative estimate of drug-likeness (QED) is 0.868. The minimum absolute atomic E-state index is 0.0586. The third-order valence-electron chi connectivity index (χ3n) is 4.09. The van der Waals surface area contributed by atoms with Crippen LogP contribution in [-0.4, -0.2) is 26.0 Å². The molecule has 2 aromatic rings. The molecule has 8 heteroatoms. The fraction of sp³-hybridized carbons (Fsp3) is 0.222. The molecule has 1 aliphatic heterocycles. The lowest BCUT2D eigenvalue weighted by atomic mass is 10.1. The van der Waals surface area contributed by atoms with Gasteiger partial charge in [0.15, 0.2) is 0 Å². The van der Waals surface area contributed by atoms with E-state index in [0.717, 1.165) is 15.4 Å². The number of nitrogens with one attached hydrogen (secondary N) is 1. The summed E-state index contributed by atoms with van der Waals surface area (Å²) in [7, 11) is -3.68. The first-order valence-corrected chi connectivity index (χ1v) is 9.92. The van der Waals surface area contributed by atoms with E-state index in [1.807, 2.05) is 19.9 Å². The van der Waals surface area contributed by atoms with Crippen molar-refractivity contribution in [2.24, 2.45) is 0 Å². The van der Waals surface area contributed by atoms with Gasteiger partial charge in [0, 0.05) is 12.0 Å². The molecule has 3 rings (SSSR count). The Morgan fingerprint density at radius 2 is 1.92 bits per heavy atom. The summed E-state index contributed by atoms with van der Waals surface area (Å²) in [6.07, 6.45) is -0.0586. The van der Waals surface area contributed by atoms with Gasteiger partial charge in [-0.05, 0) is 49.2 Å². The van der Waals surface area contributed by atoms with Gasteiger partial charge in [-0.2, -0.15) is 0 Å². The van der Waals surface area contributed by atoms with Crippen molar-refractivity contribution in [3.8, 4) is 0 Å². The second kappa shape index (κ2) is 6.74. The van der Waals surface area contributed by atoms with Crippen molar-refractivity contribution in [1.29, 1.82) is 0 Å². The van der Waals surface area contributed by atoms with Crippen LogP contribution < -0.4 is 9.62 Å². The highest BCUT2D eigenvalue weighted by Crippen LogP contribution is 2.29. The van der Waals surface area contributed by atoms with Crippen molar-refractivity contribution in [3.63, 3.8) is 0 Å². The van der Waals surface area contributed by atoms with Gasteiger partial charge in [-0.1, -0.05) is 23.7 Å². The highest BCUT2D eigenvalue weighted by atomic mass is 35.5. The zero-order valence-electron chi connectivity index (χ0n) is 14.2. The molecule has 1 aliphatic rings. The number of carbonyl (C=O) groups is 2. The maximum Gasteiger partial charge on any atom is 0.255 e. The first-order chi connectivity index (χ1) is 12.2. The summed E-state index contributed by atoms with van der Waals surface area (Å²) in [6, 6.07) is 9.59. The summed E-state index contributed by atoms with van der Waals surface area (Å²) < 4.78 is 24.9. The SMILES string of the molecule is Cc1cc(C)c(NC(=O)c2cccc(N3C(=O)CCS3(=O)=O)c2)c(Cl)c1. The molecule has 1 heterocycles. The largest absolute Gasteiger partial charge is 0.320 e. The molecule has 0 aromatic heterocycles. The lowest BCUT2D eigenvalue weighted by Gasteiger charge is -2.16. The summed E-state index contributed by atoms with van der Waals surface area (Å²) in [6.45, 7) is 3.74. The number of sulfonamides is 1. The number of anilines is 2. The van der Waals surface area contributed by atoms with Crippen molar-refractivity contribution in [2.45, 2.75) is 20.3 Å². The Morgan fingerprint density at radius 3 is 2.54 bits per heavy atom. The molecule has 1 saturated heterocycles. The van der Waals surface area contributed by atoms with Crippen LogP contribution in [-0.2, 0) is 14.8 Å². The molecule has 0 spiro atoms. The molecule has 0 aliphatic carbocycles. The standard InChI is InChI=1S/C18H17ClN2O4S/c1-11-8-12(2)17(15(19)9-11)20-18(23)13-4-3-5-14(10-13)21-16(22)6-7-26(21,24)25/h3-5,8-10H,6-7H2,1-2H3,(H,20,23). The summed E-state index contributed by atoms with van der Waals surface area (Å²) >= 11 is 6.21. The molecule has 6 nitrogen and oxygen atoms in total. The van der Waals surface area contributed by atoms with Crippen LogP contribution in [0.25, 0.3) is 0 Å². The van der Waals surface area contributed by atoms with Crippen LogP contribution >= 0.6 is 11.6 Å². The molecule has 0 radical (unpaired) electrons. The van der Waals surface area contributed by atoms with E-state index in [-0.39, 0.29) is 23.4 Å². The minimum Gasteiger partial charge on any atom is -0.320 e. The highest BCUT2D eigenvalue weighted by Gasteiger charge is 2.36. The van der Waals surface area contributed by atoms with E-state index in [1.54, 1.807) is 12.1 Å². The van der Waals surface area contributed by atoms with E-state index in [0.29, 0.717) is 10.7 Å². The number of halogens is 1. The van der Waals surface area contributed by atoms with Gasteiger partial charge in [0.25, 0.3) is 5.91 Å². The molecule has 0 bridgehead atoms. The fourth-order valence-corrected chi connectivity index (χ4v) is 4.72. The number of aryl methyl sites for hydroxylation is 2. The van der Waals surface area contributed by atoms with E-state index in [4.69, 9.17) is 11.6 Å². The van der Waals surface area contributed by atoms with Crippen LogP contribution in [0.15, 0.2) is 36.4 Å². The predicted molar refractivity (Wildman–Crippen MR) is 101 cm³/mol. The molecule has 136 valence electrons. The lowest BCUT2D eigenvalue weighted by molar-refractivity contribution is -0.116. The zero-order chi connectivity index (χ0) is 19.1. The Kier molecular flexibility index (Phi) is 4.77. The van der Waals surface area contributed by atoms with E-state index in [1.165, 1.54) is 18.2 Å². The monoisotopic (exact) mass is 392 g/mol. The molecule has 0 saturated carbocycles. The number of hydrogen-bond donors (Lipinski definition) is 1. The topological polar surface area (TPSA) is 83.6 Å². The van der Waals surface area contributed by atoms with Crippen LogP contribution in [0.5, 0.6) is 0 Å². The number of nitrogens with zero attached hydrogens (tertiary/aromatic N) is 1. The van der Waals surface area contributed by atoms with Crippen LogP contribution in [0.2, 0.25) is 5.02 Å². The van der Waals surface area contributed by atoms with Gasteiger partial charge in [0.1, 0.15) is 0 Å². The molecular formula is C18H17ClN2O4S. The number of hydrogen-bond acceptors (Lipinski definition) is 4. The first-order valence-electron chi connectivity index (χ1n) is 7.93. The predicted octanol–water partition coefficient (Wildman–Crippen LogP) is 3.28. The fourth-order valence-electron chi connectivity index (χ4n) is 2.90. The molecule has 0 atom stereocenters. The normalized spacial score (nSPS) is 16.0. The summed E-state index contributed by atoms with van der Waals surface area (Å²) in [5.41, 5.74) is 2.68. The zero-order valence-corrected chi connectivity index (χ0v) is 15.8. The second-order valence-electron chi connectivity index (χ2n) is 6.17. The van der Waals surface area contributed by atoms with Crippen LogP contribution in [0, 0.1) is 13.8 Å². The number of amides is 2. The molecule has 1 fully saturated rings. The van der Waals surface area contributed by atoms with E-state index in [2.05, 4.69) is 5.32 Å². The maximum atomic E-state index is 12.6. The maximum absolute atomic E-state index is 12.6. The number of rotatable bonds is 3. The van der Waals surface area contributed by atoms with E-state index in [9.17, 15) is 18.0 Å².